The van der Waals surface area contributed by atoms with E-state index in [9.17, 15) is 14.8 Å². The smallest absolute Gasteiger partial charge is 0.337 e. The van der Waals surface area contributed by atoms with Crippen molar-refractivity contribution in [2.45, 2.75) is 18.9 Å². The van der Waals surface area contributed by atoms with Crippen LogP contribution in [0, 0.1) is 4.91 Å². The second kappa shape index (κ2) is 6.01. The summed E-state index contributed by atoms with van der Waals surface area (Å²) in [6, 6.07) is 8.90. The van der Waals surface area contributed by atoms with Gasteiger partial charge in [0, 0.05) is 31.5 Å². The molecule has 1 saturated heterocycles. The number of aromatic nitrogens is 1. The molecule has 1 aliphatic heterocycles. The normalized spacial score (nSPS) is 15.7. The van der Waals surface area contributed by atoms with Gasteiger partial charge in [-0.15, -0.1) is 4.91 Å². The lowest BCUT2D eigenvalue weighted by molar-refractivity contribution is 0.0697. The van der Waals surface area contributed by atoms with E-state index in [0.29, 0.717) is 11.7 Å². The van der Waals surface area contributed by atoms with E-state index < -0.39 is 5.97 Å². The summed E-state index contributed by atoms with van der Waals surface area (Å²) in [5.41, 5.74) is 1.05. The average molecular weight is 299 g/mol. The lowest BCUT2D eigenvalue weighted by Gasteiger charge is -2.35. The molecule has 0 bridgehead atoms. The van der Waals surface area contributed by atoms with Crippen molar-refractivity contribution in [2.24, 2.45) is 5.18 Å². The van der Waals surface area contributed by atoms with Crippen molar-refractivity contribution >= 4 is 17.3 Å². The predicted octanol–water partition coefficient (Wildman–Crippen LogP) is 3.43. The molecule has 1 fully saturated rings. The Hall–Kier alpha value is -2.63. The topological polar surface area (TPSA) is 74.9 Å². The fourth-order valence-corrected chi connectivity index (χ4v) is 3.02. The largest absolute Gasteiger partial charge is 0.478 e. The third kappa shape index (κ3) is 2.72. The number of carboxylic acids is 1. The molecular weight excluding hydrogens is 282 g/mol. The first-order valence-electron chi connectivity index (χ1n) is 7.27. The van der Waals surface area contributed by atoms with Crippen molar-refractivity contribution in [3.63, 3.8) is 0 Å². The van der Waals surface area contributed by atoms with E-state index in [1.54, 1.807) is 6.07 Å². The van der Waals surface area contributed by atoms with Crippen molar-refractivity contribution in [3.05, 3.63) is 53.2 Å². The second-order valence-electron chi connectivity index (χ2n) is 5.45. The van der Waals surface area contributed by atoms with Gasteiger partial charge >= 0.3 is 5.97 Å². The average Bonchev–Trinajstić information content (AvgIpc) is 3.09. The Labute approximate surface area is 128 Å². The van der Waals surface area contributed by atoms with Crippen LogP contribution in [0.25, 0.3) is 0 Å². The first kappa shape index (κ1) is 14.3. The molecule has 0 aliphatic carbocycles. The quantitative estimate of drug-likeness (QED) is 0.878. The maximum absolute atomic E-state index is 11.4. The summed E-state index contributed by atoms with van der Waals surface area (Å²) < 4.78 is 2.19. The van der Waals surface area contributed by atoms with Gasteiger partial charge in [0.1, 0.15) is 5.69 Å². The summed E-state index contributed by atoms with van der Waals surface area (Å²) in [7, 11) is 0. The van der Waals surface area contributed by atoms with Crippen LogP contribution in [-0.4, -0.2) is 28.7 Å². The van der Waals surface area contributed by atoms with Crippen molar-refractivity contribution in [1.82, 2.24) is 4.57 Å². The van der Waals surface area contributed by atoms with Crippen molar-refractivity contribution in [3.8, 4) is 0 Å². The maximum atomic E-state index is 11.4. The molecule has 1 aromatic carbocycles. The highest BCUT2D eigenvalue weighted by Gasteiger charge is 2.23. The lowest BCUT2D eigenvalue weighted by Crippen LogP contribution is -2.35. The van der Waals surface area contributed by atoms with E-state index in [0.717, 1.165) is 25.9 Å². The second-order valence-corrected chi connectivity index (χ2v) is 5.45. The highest BCUT2D eigenvalue weighted by molar-refractivity contribution is 5.95. The zero-order chi connectivity index (χ0) is 15.5. The molecule has 2 heterocycles. The Kier molecular flexibility index (Phi) is 3.91. The summed E-state index contributed by atoms with van der Waals surface area (Å²) in [6.45, 7) is 1.51. The molecule has 1 aliphatic rings. The third-order valence-electron chi connectivity index (χ3n) is 4.17. The van der Waals surface area contributed by atoms with E-state index >= 15 is 0 Å². The molecule has 0 saturated carbocycles. The van der Waals surface area contributed by atoms with Gasteiger partial charge in [0.15, 0.2) is 0 Å². The first-order valence-corrected chi connectivity index (χ1v) is 7.27. The van der Waals surface area contributed by atoms with Gasteiger partial charge in [-0.1, -0.05) is 0 Å². The minimum atomic E-state index is -0.986. The summed E-state index contributed by atoms with van der Waals surface area (Å²) in [6.07, 6.45) is 5.98. The molecule has 0 radical (unpaired) electrons. The van der Waals surface area contributed by atoms with E-state index in [1.165, 1.54) is 12.1 Å². The molecule has 0 amide bonds. The van der Waals surface area contributed by atoms with Gasteiger partial charge in [-0.05, 0) is 48.4 Å². The zero-order valence-electron chi connectivity index (χ0n) is 12.1. The molecule has 3 rings (SSSR count). The zero-order valence-corrected chi connectivity index (χ0v) is 12.1. The van der Waals surface area contributed by atoms with E-state index in [-0.39, 0.29) is 11.3 Å². The van der Waals surface area contributed by atoms with Gasteiger partial charge in [-0.2, -0.15) is 0 Å². The van der Waals surface area contributed by atoms with Crippen LogP contribution >= 0.6 is 0 Å². The first-order chi connectivity index (χ1) is 10.7. The molecule has 6 heteroatoms. The molecule has 6 nitrogen and oxygen atoms in total. The van der Waals surface area contributed by atoms with Crippen LogP contribution in [0.2, 0.25) is 0 Å². The molecular formula is C16H17N3O3. The highest BCUT2D eigenvalue weighted by atomic mass is 16.4. The molecule has 22 heavy (non-hydrogen) atoms. The van der Waals surface area contributed by atoms with Crippen molar-refractivity contribution in [2.75, 3.05) is 18.0 Å². The summed E-state index contributed by atoms with van der Waals surface area (Å²) in [5, 5.41) is 12.2. The molecule has 1 aromatic heterocycles. The fraction of sp³-hybridized carbons (Fsp3) is 0.312. The summed E-state index contributed by atoms with van der Waals surface area (Å²) in [4.78, 5) is 24.1. The predicted molar refractivity (Wildman–Crippen MR) is 83.8 cm³/mol. The monoisotopic (exact) mass is 299 g/mol. The van der Waals surface area contributed by atoms with Gasteiger partial charge < -0.3 is 14.6 Å². The number of rotatable bonds is 4. The number of nitrogens with zero attached hydrogens (tertiary/aromatic N) is 3. The highest BCUT2D eigenvalue weighted by Crippen LogP contribution is 2.31. The molecule has 114 valence electrons. The van der Waals surface area contributed by atoms with Crippen molar-refractivity contribution < 1.29 is 9.90 Å². The van der Waals surface area contributed by atoms with Gasteiger partial charge in [0.25, 0.3) is 0 Å². The Morgan fingerprint density at radius 3 is 2.45 bits per heavy atom. The van der Waals surface area contributed by atoms with Gasteiger partial charge in [0.05, 0.1) is 11.3 Å². The number of hydrogen-bond donors (Lipinski definition) is 1. The Bertz CT molecular complexity index is 674. The molecule has 2 aromatic rings. The number of carbonyl (C=O) groups is 1. The molecule has 0 spiro atoms. The maximum Gasteiger partial charge on any atom is 0.337 e. The van der Waals surface area contributed by atoms with Crippen LogP contribution in [0.15, 0.2) is 47.9 Å². The molecule has 0 atom stereocenters. The number of nitroso groups, excluding NO2 is 1. The van der Waals surface area contributed by atoms with Gasteiger partial charge in [-0.3, -0.25) is 0 Å². The minimum absolute atomic E-state index is 0.215. The number of carboxylic acid groups (broad SMARTS) is 1. The number of piperidine rings is 1. The van der Waals surface area contributed by atoms with Gasteiger partial charge in [-0.25, -0.2) is 4.79 Å². The SMILES string of the molecule is O=Nc1ccc(C(=O)O)c(N2CCC(n3cccc3)CC2)c1. The number of aromatic carboxylic acids is 1. The number of anilines is 1. The number of hydrogen-bond acceptors (Lipinski definition) is 4. The van der Waals surface area contributed by atoms with E-state index in [1.807, 2.05) is 17.0 Å². The summed E-state index contributed by atoms with van der Waals surface area (Å²) in [5.74, 6) is -0.986. The lowest BCUT2D eigenvalue weighted by atomic mass is 10.0. The van der Waals surface area contributed by atoms with Crippen LogP contribution in [0.1, 0.15) is 29.2 Å². The minimum Gasteiger partial charge on any atom is -0.478 e. The number of benzene rings is 1. The Balaban J connectivity index is 1.80. The fourth-order valence-electron chi connectivity index (χ4n) is 3.02. The van der Waals surface area contributed by atoms with Crippen LogP contribution in [0.3, 0.4) is 0 Å². The molecule has 1 N–H and O–H groups in total. The van der Waals surface area contributed by atoms with E-state index in [2.05, 4.69) is 22.1 Å². The van der Waals surface area contributed by atoms with Crippen LogP contribution < -0.4 is 4.90 Å². The van der Waals surface area contributed by atoms with Crippen LogP contribution in [-0.2, 0) is 0 Å². The van der Waals surface area contributed by atoms with Crippen LogP contribution in [0.4, 0.5) is 11.4 Å². The summed E-state index contributed by atoms with van der Waals surface area (Å²) >= 11 is 0. The third-order valence-corrected chi connectivity index (χ3v) is 4.17. The Morgan fingerprint density at radius 2 is 1.86 bits per heavy atom. The Morgan fingerprint density at radius 1 is 1.18 bits per heavy atom. The van der Waals surface area contributed by atoms with E-state index in [4.69, 9.17) is 0 Å². The van der Waals surface area contributed by atoms with Gasteiger partial charge in [0.2, 0.25) is 0 Å². The van der Waals surface area contributed by atoms with Crippen LogP contribution in [0.5, 0.6) is 0 Å². The van der Waals surface area contributed by atoms with Crippen molar-refractivity contribution in [1.29, 1.82) is 0 Å². The molecule has 0 unspecified atom stereocenters. The standard InChI is InChI=1S/C16H17N3O3/c20-16(21)14-4-3-12(17-22)11-15(14)19-9-5-13(6-10-19)18-7-1-2-8-18/h1-4,7-8,11,13H,5-6,9-10H2,(H,20,21).